The van der Waals surface area contributed by atoms with E-state index in [-0.39, 0.29) is 0 Å². The quantitative estimate of drug-likeness (QED) is 0.863. The topological polar surface area (TPSA) is 37.8 Å². The third-order valence-electron chi connectivity index (χ3n) is 4.08. The second kappa shape index (κ2) is 5.96. The summed E-state index contributed by atoms with van der Waals surface area (Å²) in [7, 11) is 0. The summed E-state index contributed by atoms with van der Waals surface area (Å²) in [5.74, 6) is 1.62. The maximum absolute atomic E-state index is 6.15. The monoisotopic (exact) mass is 289 g/mol. The molecule has 106 valence electrons. The van der Waals surface area contributed by atoms with Crippen molar-refractivity contribution in [2.24, 2.45) is 5.92 Å². The molecule has 1 aliphatic carbocycles. The van der Waals surface area contributed by atoms with E-state index in [1.54, 1.807) is 0 Å². The second-order valence-corrected chi connectivity index (χ2v) is 6.26. The molecule has 1 aromatic carbocycles. The van der Waals surface area contributed by atoms with Crippen LogP contribution in [0.3, 0.4) is 0 Å². The average Bonchev–Trinajstić information content (AvgIpc) is 2.47. The Morgan fingerprint density at radius 1 is 1.10 bits per heavy atom. The molecule has 4 heteroatoms. The zero-order valence-electron chi connectivity index (χ0n) is 11.8. The highest BCUT2D eigenvalue weighted by molar-refractivity contribution is 6.20. The van der Waals surface area contributed by atoms with Crippen molar-refractivity contribution >= 4 is 28.5 Å². The van der Waals surface area contributed by atoms with Crippen LogP contribution >= 0.6 is 11.6 Å². The van der Waals surface area contributed by atoms with E-state index >= 15 is 0 Å². The average molecular weight is 290 g/mol. The van der Waals surface area contributed by atoms with E-state index in [9.17, 15) is 0 Å². The van der Waals surface area contributed by atoms with Crippen LogP contribution in [-0.4, -0.2) is 21.9 Å². The molecule has 2 aromatic rings. The van der Waals surface area contributed by atoms with Gasteiger partial charge in [0.15, 0.2) is 0 Å². The first-order chi connectivity index (χ1) is 9.72. The number of hydrogen-bond acceptors (Lipinski definition) is 3. The lowest BCUT2D eigenvalue weighted by molar-refractivity contribution is 0.377. The largest absolute Gasteiger partial charge is 0.368 e. The molecule has 0 bridgehead atoms. The molecule has 0 unspecified atom stereocenters. The van der Waals surface area contributed by atoms with Crippen LogP contribution in [0.15, 0.2) is 24.3 Å². The molecule has 1 aromatic heterocycles. The van der Waals surface area contributed by atoms with Crippen LogP contribution in [0.1, 0.15) is 31.4 Å². The molecular formula is C16H20ClN3. The molecule has 0 aliphatic heterocycles. The number of rotatable bonds is 3. The molecule has 20 heavy (non-hydrogen) atoms. The number of aromatic nitrogens is 2. The van der Waals surface area contributed by atoms with Gasteiger partial charge in [-0.2, -0.15) is 0 Å². The fraction of sp³-hybridized carbons (Fsp3) is 0.500. The third kappa shape index (κ3) is 3.04. The first kappa shape index (κ1) is 13.6. The lowest BCUT2D eigenvalue weighted by Gasteiger charge is -2.25. The number of anilines is 1. The number of alkyl halides is 1. The molecule has 3 rings (SSSR count). The molecule has 1 N–H and O–H groups in total. The van der Waals surface area contributed by atoms with E-state index in [1.807, 2.05) is 31.2 Å². The van der Waals surface area contributed by atoms with Gasteiger partial charge in [-0.3, -0.25) is 0 Å². The molecule has 0 atom stereocenters. The van der Waals surface area contributed by atoms with E-state index in [0.717, 1.165) is 41.9 Å². The van der Waals surface area contributed by atoms with Crippen molar-refractivity contribution < 1.29 is 0 Å². The molecule has 0 radical (unpaired) electrons. The lowest BCUT2D eigenvalue weighted by atomic mass is 9.89. The molecule has 1 fully saturated rings. The van der Waals surface area contributed by atoms with Gasteiger partial charge in [0, 0.05) is 11.9 Å². The molecule has 0 spiro atoms. The van der Waals surface area contributed by atoms with Crippen LogP contribution in [0, 0.1) is 12.8 Å². The summed E-state index contributed by atoms with van der Waals surface area (Å²) in [5.41, 5.74) is 2.87. The van der Waals surface area contributed by atoms with Gasteiger partial charge in [-0.15, -0.1) is 11.6 Å². The Morgan fingerprint density at radius 2 is 1.75 bits per heavy atom. The number of halogens is 1. The Bertz CT molecular complexity index is 591. The highest BCUT2D eigenvalue weighted by Gasteiger charge is 2.19. The Balaban J connectivity index is 1.69. The van der Waals surface area contributed by atoms with E-state index in [2.05, 4.69) is 15.3 Å². The van der Waals surface area contributed by atoms with E-state index in [0.29, 0.717) is 11.3 Å². The van der Waals surface area contributed by atoms with Crippen molar-refractivity contribution in [1.29, 1.82) is 0 Å². The first-order valence-corrected chi connectivity index (χ1v) is 7.77. The third-order valence-corrected chi connectivity index (χ3v) is 4.52. The second-order valence-electron chi connectivity index (χ2n) is 5.65. The van der Waals surface area contributed by atoms with Crippen LogP contribution in [0.5, 0.6) is 0 Å². The van der Waals surface area contributed by atoms with Gasteiger partial charge in [-0.1, -0.05) is 12.1 Å². The van der Waals surface area contributed by atoms with E-state index in [4.69, 9.17) is 11.6 Å². The summed E-state index contributed by atoms with van der Waals surface area (Å²) >= 11 is 6.15. The number of nitrogens with one attached hydrogen (secondary N) is 1. The lowest BCUT2D eigenvalue weighted by Crippen LogP contribution is -2.22. The minimum absolute atomic E-state index is 0.383. The molecule has 3 nitrogen and oxygen atoms in total. The van der Waals surface area contributed by atoms with Crippen molar-refractivity contribution in [1.82, 2.24) is 9.97 Å². The molecule has 0 saturated heterocycles. The van der Waals surface area contributed by atoms with Crippen LogP contribution in [0.4, 0.5) is 5.82 Å². The summed E-state index contributed by atoms with van der Waals surface area (Å²) < 4.78 is 0. The van der Waals surface area contributed by atoms with Crippen LogP contribution in [0.25, 0.3) is 11.0 Å². The van der Waals surface area contributed by atoms with E-state index < -0.39 is 0 Å². The molecule has 1 heterocycles. The Labute approximate surface area is 124 Å². The number of aryl methyl sites for hydroxylation is 1. The first-order valence-electron chi connectivity index (χ1n) is 7.33. The SMILES string of the molecule is Cc1nc2ccccc2nc1NCC1CCC(Cl)CC1. The van der Waals surface area contributed by atoms with Gasteiger partial charge in [0.2, 0.25) is 0 Å². The van der Waals surface area contributed by atoms with Gasteiger partial charge in [-0.25, -0.2) is 9.97 Å². The van der Waals surface area contributed by atoms with Gasteiger partial charge < -0.3 is 5.32 Å². The molecular weight excluding hydrogens is 270 g/mol. The highest BCUT2D eigenvalue weighted by Crippen LogP contribution is 2.28. The van der Waals surface area contributed by atoms with Crippen LogP contribution in [-0.2, 0) is 0 Å². The highest BCUT2D eigenvalue weighted by atomic mass is 35.5. The molecule has 1 aliphatic rings. The molecule has 0 amide bonds. The fourth-order valence-electron chi connectivity index (χ4n) is 2.82. The summed E-state index contributed by atoms with van der Waals surface area (Å²) in [6.07, 6.45) is 4.69. The standard InChI is InChI=1S/C16H20ClN3/c1-11-16(18-10-12-6-8-13(17)9-7-12)20-15-5-3-2-4-14(15)19-11/h2-5,12-13H,6-10H2,1H3,(H,18,20). The van der Waals surface area contributed by atoms with Gasteiger partial charge in [-0.05, 0) is 50.7 Å². The van der Waals surface area contributed by atoms with Crippen molar-refractivity contribution in [2.75, 3.05) is 11.9 Å². The minimum Gasteiger partial charge on any atom is -0.368 e. The van der Waals surface area contributed by atoms with Gasteiger partial charge >= 0.3 is 0 Å². The number of hydrogen-bond donors (Lipinski definition) is 1. The summed E-state index contributed by atoms with van der Waals surface area (Å²) in [6, 6.07) is 8.00. The Kier molecular flexibility index (Phi) is 4.06. The predicted octanol–water partition coefficient (Wildman–Crippen LogP) is 4.15. The summed E-state index contributed by atoms with van der Waals surface area (Å²) in [4.78, 5) is 9.28. The van der Waals surface area contributed by atoms with Gasteiger partial charge in [0.1, 0.15) is 5.82 Å². The Morgan fingerprint density at radius 3 is 2.45 bits per heavy atom. The normalized spacial score (nSPS) is 22.9. The Hall–Kier alpha value is -1.35. The number of benzene rings is 1. The number of para-hydroxylation sites is 2. The maximum Gasteiger partial charge on any atom is 0.148 e. The fourth-order valence-corrected chi connectivity index (χ4v) is 3.07. The summed E-state index contributed by atoms with van der Waals surface area (Å²) in [5, 5.41) is 3.86. The zero-order chi connectivity index (χ0) is 13.9. The number of fused-ring (bicyclic) bond motifs is 1. The predicted molar refractivity (Wildman–Crippen MR) is 84.4 cm³/mol. The van der Waals surface area contributed by atoms with Crippen molar-refractivity contribution in [3.8, 4) is 0 Å². The van der Waals surface area contributed by atoms with Crippen LogP contribution in [0.2, 0.25) is 0 Å². The maximum atomic E-state index is 6.15. The minimum atomic E-state index is 0.383. The summed E-state index contributed by atoms with van der Waals surface area (Å²) in [6.45, 7) is 2.98. The van der Waals surface area contributed by atoms with E-state index in [1.165, 1.54) is 12.8 Å². The number of nitrogens with zero attached hydrogens (tertiary/aromatic N) is 2. The van der Waals surface area contributed by atoms with Gasteiger partial charge in [0.25, 0.3) is 0 Å². The van der Waals surface area contributed by atoms with Crippen molar-refractivity contribution in [2.45, 2.75) is 38.0 Å². The van der Waals surface area contributed by atoms with Crippen molar-refractivity contribution in [3.63, 3.8) is 0 Å². The zero-order valence-corrected chi connectivity index (χ0v) is 12.5. The molecule has 1 saturated carbocycles. The smallest absolute Gasteiger partial charge is 0.148 e. The van der Waals surface area contributed by atoms with Gasteiger partial charge in [0.05, 0.1) is 16.7 Å². The van der Waals surface area contributed by atoms with Crippen molar-refractivity contribution in [3.05, 3.63) is 30.0 Å². The van der Waals surface area contributed by atoms with Crippen LogP contribution < -0.4 is 5.32 Å².